The Bertz CT molecular complexity index is 1200. The van der Waals surface area contributed by atoms with E-state index in [0.717, 1.165) is 28.2 Å². The van der Waals surface area contributed by atoms with E-state index in [1.165, 1.54) is 0 Å². The minimum atomic E-state index is -0.656. The molecular weight excluding hydrogens is 396 g/mol. The molecule has 2 heterocycles. The molecule has 0 saturated heterocycles. The molecule has 1 aromatic heterocycles. The largest absolute Gasteiger partial charge is 0.324 e. The average molecular weight is 423 g/mol. The van der Waals surface area contributed by atoms with E-state index in [9.17, 15) is 4.79 Å². The van der Waals surface area contributed by atoms with Gasteiger partial charge in [-0.2, -0.15) is 0 Å². The van der Waals surface area contributed by atoms with Gasteiger partial charge in [0.05, 0.1) is 12.9 Å². The second kappa shape index (κ2) is 8.35. The van der Waals surface area contributed by atoms with Crippen molar-refractivity contribution in [1.82, 2.24) is 14.5 Å². The van der Waals surface area contributed by atoms with Gasteiger partial charge in [-0.05, 0) is 23.1 Å². The maximum absolute atomic E-state index is 13.6. The van der Waals surface area contributed by atoms with Crippen LogP contribution in [0.3, 0.4) is 0 Å². The molecule has 5 heteroatoms. The van der Waals surface area contributed by atoms with Gasteiger partial charge in [-0.25, -0.2) is 9.78 Å². The summed E-state index contributed by atoms with van der Waals surface area (Å²) in [5, 5.41) is 3.15. The van der Waals surface area contributed by atoms with Crippen LogP contribution in [0.15, 0.2) is 97.3 Å². The monoisotopic (exact) mass is 422 g/mol. The standard InChI is InChI=1S/C27H26N4O/c1-2-27(23-16-10-5-11-17-23)24-25(30(20-28-24)18-21-12-6-3-7-13-21)29-26(32)31(27)19-22-14-8-4-9-15-22/h3-17,20H,2,18-19H2,1H3,(H,29,32). The summed E-state index contributed by atoms with van der Waals surface area (Å²) in [5.41, 5.74) is 3.55. The number of rotatable bonds is 6. The molecule has 0 spiro atoms. The van der Waals surface area contributed by atoms with Gasteiger partial charge in [-0.3, -0.25) is 5.32 Å². The lowest BCUT2D eigenvalue weighted by molar-refractivity contribution is 0.130. The maximum atomic E-state index is 13.6. The topological polar surface area (TPSA) is 50.2 Å². The highest BCUT2D eigenvalue weighted by Crippen LogP contribution is 2.45. The van der Waals surface area contributed by atoms with E-state index in [1.54, 1.807) is 0 Å². The zero-order valence-corrected chi connectivity index (χ0v) is 18.1. The Morgan fingerprint density at radius 3 is 1.97 bits per heavy atom. The Kier molecular flexibility index (Phi) is 5.23. The van der Waals surface area contributed by atoms with E-state index in [1.807, 2.05) is 70.4 Å². The van der Waals surface area contributed by atoms with E-state index in [4.69, 9.17) is 4.98 Å². The number of amides is 2. The highest BCUT2D eigenvalue weighted by Gasteiger charge is 2.49. The molecule has 1 aliphatic heterocycles. The fraction of sp³-hybridized carbons (Fsp3) is 0.185. The van der Waals surface area contributed by atoms with E-state index < -0.39 is 5.54 Å². The number of urea groups is 1. The lowest BCUT2D eigenvalue weighted by Crippen LogP contribution is -2.55. The lowest BCUT2D eigenvalue weighted by Gasteiger charge is -2.46. The van der Waals surface area contributed by atoms with Crippen LogP contribution < -0.4 is 5.32 Å². The molecule has 5 rings (SSSR count). The molecule has 0 aliphatic carbocycles. The van der Waals surface area contributed by atoms with Gasteiger partial charge in [-0.15, -0.1) is 0 Å². The smallest absolute Gasteiger partial charge is 0.312 e. The molecule has 1 N–H and O–H groups in total. The van der Waals surface area contributed by atoms with Crippen molar-refractivity contribution in [3.63, 3.8) is 0 Å². The van der Waals surface area contributed by atoms with Gasteiger partial charge in [0.1, 0.15) is 17.1 Å². The van der Waals surface area contributed by atoms with Crippen LogP contribution in [0.4, 0.5) is 10.6 Å². The molecule has 1 unspecified atom stereocenters. The molecular formula is C27H26N4O. The Morgan fingerprint density at radius 1 is 0.812 bits per heavy atom. The van der Waals surface area contributed by atoms with Crippen molar-refractivity contribution in [2.24, 2.45) is 0 Å². The minimum absolute atomic E-state index is 0.109. The lowest BCUT2D eigenvalue weighted by atomic mass is 9.80. The van der Waals surface area contributed by atoms with Gasteiger partial charge in [-0.1, -0.05) is 97.9 Å². The summed E-state index contributed by atoms with van der Waals surface area (Å²) in [6, 6.07) is 30.5. The van der Waals surface area contributed by atoms with E-state index in [-0.39, 0.29) is 6.03 Å². The molecule has 1 aliphatic rings. The fourth-order valence-corrected chi connectivity index (χ4v) is 4.73. The third-order valence-electron chi connectivity index (χ3n) is 6.30. The van der Waals surface area contributed by atoms with Crippen LogP contribution in [0.25, 0.3) is 0 Å². The number of imidazole rings is 1. The zero-order chi connectivity index (χ0) is 22.0. The van der Waals surface area contributed by atoms with E-state index in [0.29, 0.717) is 19.5 Å². The minimum Gasteiger partial charge on any atom is -0.312 e. The average Bonchev–Trinajstić information content (AvgIpc) is 3.24. The van der Waals surface area contributed by atoms with Crippen molar-refractivity contribution in [2.45, 2.75) is 32.0 Å². The Balaban J connectivity index is 1.65. The first-order valence-electron chi connectivity index (χ1n) is 11.0. The molecule has 0 radical (unpaired) electrons. The number of carbonyl (C=O) groups is 1. The summed E-state index contributed by atoms with van der Waals surface area (Å²) >= 11 is 0. The molecule has 3 aromatic carbocycles. The number of hydrogen-bond donors (Lipinski definition) is 1. The van der Waals surface area contributed by atoms with Gasteiger partial charge < -0.3 is 9.47 Å². The highest BCUT2D eigenvalue weighted by molar-refractivity contribution is 5.93. The molecule has 4 aromatic rings. The summed E-state index contributed by atoms with van der Waals surface area (Å²) in [6.07, 6.45) is 2.56. The summed E-state index contributed by atoms with van der Waals surface area (Å²) in [4.78, 5) is 20.4. The SMILES string of the molecule is CCC1(c2ccccc2)c2ncn(Cc3ccccc3)c2NC(=O)N1Cc1ccccc1. The van der Waals surface area contributed by atoms with Crippen molar-refractivity contribution in [3.05, 3.63) is 120 Å². The first kappa shape index (κ1) is 20.1. The summed E-state index contributed by atoms with van der Waals surface area (Å²) in [6.45, 7) is 3.28. The normalized spacial score (nSPS) is 17.7. The molecule has 160 valence electrons. The van der Waals surface area contributed by atoms with Crippen LogP contribution in [0.5, 0.6) is 0 Å². The Labute approximate surface area is 188 Å². The van der Waals surface area contributed by atoms with Crippen LogP contribution >= 0.6 is 0 Å². The molecule has 0 bridgehead atoms. The first-order chi connectivity index (χ1) is 15.7. The van der Waals surface area contributed by atoms with Crippen molar-refractivity contribution in [2.75, 3.05) is 5.32 Å². The quantitative estimate of drug-likeness (QED) is 0.438. The van der Waals surface area contributed by atoms with Gasteiger partial charge >= 0.3 is 6.03 Å². The number of anilines is 1. The molecule has 1 atom stereocenters. The van der Waals surface area contributed by atoms with Crippen molar-refractivity contribution in [1.29, 1.82) is 0 Å². The van der Waals surface area contributed by atoms with Gasteiger partial charge in [0, 0.05) is 6.54 Å². The van der Waals surface area contributed by atoms with Crippen LogP contribution in [0.1, 0.15) is 35.7 Å². The highest BCUT2D eigenvalue weighted by atomic mass is 16.2. The van der Waals surface area contributed by atoms with Crippen molar-refractivity contribution < 1.29 is 4.79 Å². The zero-order valence-electron chi connectivity index (χ0n) is 18.1. The molecule has 5 nitrogen and oxygen atoms in total. The van der Waals surface area contributed by atoms with Crippen LogP contribution in [0, 0.1) is 0 Å². The molecule has 0 fully saturated rings. The number of carbonyl (C=O) groups excluding carboxylic acids is 1. The maximum Gasteiger partial charge on any atom is 0.324 e. The van der Waals surface area contributed by atoms with E-state index in [2.05, 4.69) is 48.6 Å². The fourth-order valence-electron chi connectivity index (χ4n) is 4.73. The number of nitrogens with zero attached hydrogens (tertiary/aromatic N) is 3. The third-order valence-corrected chi connectivity index (χ3v) is 6.30. The van der Waals surface area contributed by atoms with E-state index >= 15 is 0 Å². The predicted octanol–water partition coefficient (Wildman–Crippen LogP) is 5.63. The predicted molar refractivity (Wildman–Crippen MR) is 126 cm³/mol. The summed E-state index contributed by atoms with van der Waals surface area (Å²) < 4.78 is 2.04. The number of aromatic nitrogens is 2. The first-order valence-corrected chi connectivity index (χ1v) is 11.0. The van der Waals surface area contributed by atoms with Crippen LogP contribution in [0.2, 0.25) is 0 Å². The number of nitrogens with one attached hydrogen (secondary N) is 1. The molecule has 2 amide bonds. The second-order valence-corrected chi connectivity index (χ2v) is 8.14. The number of fused-ring (bicyclic) bond motifs is 1. The van der Waals surface area contributed by atoms with Crippen molar-refractivity contribution >= 4 is 11.8 Å². The third kappa shape index (κ3) is 3.36. The van der Waals surface area contributed by atoms with Crippen LogP contribution in [-0.4, -0.2) is 20.5 Å². The summed E-state index contributed by atoms with van der Waals surface area (Å²) in [5.74, 6) is 0.772. The van der Waals surface area contributed by atoms with Gasteiger partial charge in [0.2, 0.25) is 0 Å². The number of benzene rings is 3. The Morgan fingerprint density at radius 2 is 1.38 bits per heavy atom. The van der Waals surface area contributed by atoms with Gasteiger partial charge in [0.15, 0.2) is 0 Å². The number of hydrogen-bond acceptors (Lipinski definition) is 2. The molecule has 32 heavy (non-hydrogen) atoms. The van der Waals surface area contributed by atoms with Crippen molar-refractivity contribution in [3.8, 4) is 0 Å². The Hall–Kier alpha value is -3.86. The second-order valence-electron chi connectivity index (χ2n) is 8.14. The van der Waals surface area contributed by atoms with Crippen LogP contribution in [-0.2, 0) is 18.6 Å². The van der Waals surface area contributed by atoms with Gasteiger partial charge in [0.25, 0.3) is 0 Å². The molecule has 0 saturated carbocycles. The summed E-state index contributed by atoms with van der Waals surface area (Å²) in [7, 11) is 0.